The predicted octanol–water partition coefficient (Wildman–Crippen LogP) is 3.75. The first-order chi connectivity index (χ1) is 6.84. The van der Waals surface area contributed by atoms with E-state index in [9.17, 15) is 5.11 Å². The van der Waals surface area contributed by atoms with Crippen LogP contribution in [0.3, 0.4) is 0 Å². The maximum atomic E-state index is 9.51. The van der Waals surface area contributed by atoms with Crippen molar-refractivity contribution in [1.29, 1.82) is 0 Å². The summed E-state index contributed by atoms with van der Waals surface area (Å²) in [6.07, 6.45) is 7.43. The first-order valence-electron chi connectivity index (χ1n) is 5.61. The van der Waals surface area contributed by atoms with Crippen LogP contribution in [0.2, 0.25) is 0 Å². The molecule has 0 heterocycles. The Hall–Kier alpha value is 0.591. The predicted molar refractivity (Wildman–Crippen MR) is 68.5 cm³/mol. The molecule has 0 saturated heterocycles. The van der Waals surface area contributed by atoms with Crippen molar-refractivity contribution >= 4 is 48.9 Å². The van der Waals surface area contributed by atoms with E-state index in [0.717, 1.165) is 12.0 Å². The summed E-state index contributed by atoms with van der Waals surface area (Å²) in [6.45, 7) is 2.23. The fourth-order valence-electron chi connectivity index (χ4n) is 1.64. The first kappa shape index (κ1) is 15.6. The minimum Gasteiger partial charge on any atom is -1.00 e. The molecule has 1 N–H and O–H groups in total. The number of unbranched alkanes of at least 4 members (excludes halogenated alkanes) is 4. The van der Waals surface area contributed by atoms with Gasteiger partial charge in [0, 0.05) is 0 Å². The number of hydrogen-bond donors (Lipinski definition) is 1. The van der Waals surface area contributed by atoms with E-state index in [1.54, 1.807) is 6.07 Å². The zero-order chi connectivity index (χ0) is 10.2. The van der Waals surface area contributed by atoms with Gasteiger partial charge in [0.05, 0.1) is 0 Å². The molecule has 1 nitrogen and oxygen atoms in total. The Bertz CT molecular complexity index is 269. The minimum absolute atomic E-state index is 0. The van der Waals surface area contributed by atoms with Crippen molar-refractivity contribution in [1.82, 2.24) is 0 Å². The average molecular weight is 332 g/mol. The maximum Gasteiger partial charge on any atom is 2.00 e. The van der Waals surface area contributed by atoms with Gasteiger partial charge in [-0.2, -0.15) is 0 Å². The number of aryl methyl sites for hydroxylation is 1. The van der Waals surface area contributed by atoms with Crippen LogP contribution in [-0.4, -0.2) is 54.0 Å². The van der Waals surface area contributed by atoms with Gasteiger partial charge < -0.3 is 7.96 Å². The number of aromatic hydroxyl groups is 1. The standard InChI is InChI=1S/C13H20O.Ba.2H/c1-2-3-4-5-6-9-12-10-7-8-11-13(12)14;;;/h7-8,10-11,14H,2-6,9H2,1H3;;;/q;+2;2*-1. The van der Waals surface area contributed by atoms with Crippen molar-refractivity contribution < 1.29 is 7.96 Å². The molecule has 0 atom stereocenters. The van der Waals surface area contributed by atoms with E-state index in [1.165, 1.54) is 32.1 Å². The molecule has 0 bridgehead atoms. The molecule has 1 rings (SSSR count). The van der Waals surface area contributed by atoms with E-state index in [1.807, 2.05) is 18.2 Å². The Kier molecular flexibility index (Phi) is 10.2. The van der Waals surface area contributed by atoms with Gasteiger partial charge in [0.2, 0.25) is 0 Å². The number of rotatable bonds is 6. The number of phenols is 1. The van der Waals surface area contributed by atoms with Crippen molar-refractivity contribution in [2.24, 2.45) is 0 Å². The Labute approximate surface area is 136 Å². The molecule has 0 fully saturated rings. The van der Waals surface area contributed by atoms with Gasteiger partial charge in [0.25, 0.3) is 0 Å². The van der Waals surface area contributed by atoms with Crippen molar-refractivity contribution in [3.8, 4) is 5.75 Å². The van der Waals surface area contributed by atoms with Crippen LogP contribution in [0.4, 0.5) is 0 Å². The normalized spacial score (nSPS) is 9.67. The molecular formula is C13H22BaO. The molecule has 2 heteroatoms. The Morgan fingerprint density at radius 3 is 2.40 bits per heavy atom. The molecule has 0 amide bonds. The van der Waals surface area contributed by atoms with Gasteiger partial charge in [-0.25, -0.2) is 0 Å². The Morgan fingerprint density at radius 2 is 1.73 bits per heavy atom. The Morgan fingerprint density at radius 1 is 1.07 bits per heavy atom. The molecule has 0 radical (unpaired) electrons. The van der Waals surface area contributed by atoms with Gasteiger partial charge in [0.1, 0.15) is 5.75 Å². The van der Waals surface area contributed by atoms with Gasteiger partial charge in [-0.15, -0.1) is 0 Å². The van der Waals surface area contributed by atoms with Crippen molar-refractivity contribution in [3.63, 3.8) is 0 Å². The summed E-state index contributed by atoms with van der Waals surface area (Å²) in [5.74, 6) is 0.447. The second-order valence-electron chi connectivity index (χ2n) is 3.79. The molecule has 0 aromatic heterocycles. The average Bonchev–Trinajstić information content (AvgIpc) is 2.20. The van der Waals surface area contributed by atoms with E-state index in [4.69, 9.17) is 0 Å². The van der Waals surface area contributed by atoms with Crippen LogP contribution in [0.25, 0.3) is 0 Å². The fraction of sp³-hybridized carbons (Fsp3) is 0.538. The van der Waals surface area contributed by atoms with Crippen molar-refractivity contribution in [2.45, 2.75) is 45.4 Å². The Balaban J connectivity index is -0.000000653. The monoisotopic (exact) mass is 332 g/mol. The topological polar surface area (TPSA) is 20.2 Å². The van der Waals surface area contributed by atoms with Crippen LogP contribution < -0.4 is 0 Å². The molecule has 15 heavy (non-hydrogen) atoms. The van der Waals surface area contributed by atoms with Gasteiger partial charge in [-0.1, -0.05) is 50.8 Å². The fourth-order valence-corrected chi connectivity index (χ4v) is 1.64. The van der Waals surface area contributed by atoms with Gasteiger partial charge >= 0.3 is 48.9 Å². The minimum atomic E-state index is 0. The van der Waals surface area contributed by atoms with Crippen LogP contribution >= 0.6 is 0 Å². The second-order valence-corrected chi connectivity index (χ2v) is 3.79. The summed E-state index contributed by atoms with van der Waals surface area (Å²) >= 11 is 0. The van der Waals surface area contributed by atoms with Crippen LogP contribution in [0, 0.1) is 0 Å². The summed E-state index contributed by atoms with van der Waals surface area (Å²) in [4.78, 5) is 0. The van der Waals surface area contributed by atoms with E-state index in [2.05, 4.69) is 6.92 Å². The number of benzene rings is 1. The maximum absolute atomic E-state index is 9.51. The van der Waals surface area contributed by atoms with Crippen molar-refractivity contribution in [3.05, 3.63) is 29.8 Å². The zero-order valence-electron chi connectivity index (χ0n) is 11.7. The molecular weight excluding hydrogens is 309 g/mol. The van der Waals surface area contributed by atoms with Crippen LogP contribution in [0.1, 0.15) is 47.4 Å². The van der Waals surface area contributed by atoms with Crippen LogP contribution in [-0.2, 0) is 6.42 Å². The van der Waals surface area contributed by atoms with E-state index in [0.29, 0.717) is 5.75 Å². The molecule has 0 aliphatic carbocycles. The van der Waals surface area contributed by atoms with E-state index in [-0.39, 0.29) is 51.7 Å². The molecule has 1 aromatic rings. The SMILES string of the molecule is CCCCCCCc1ccccc1O.[Ba+2].[H-].[H-]. The summed E-state index contributed by atoms with van der Waals surface area (Å²) < 4.78 is 0. The second kappa shape index (κ2) is 9.79. The third kappa shape index (κ3) is 6.69. The molecule has 0 aliphatic heterocycles. The van der Waals surface area contributed by atoms with Gasteiger partial charge in [0.15, 0.2) is 0 Å². The number of para-hydroxylation sites is 1. The number of hydrogen-bond acceptors (Lipinski definition) is 1. The van der Waals surface area contributed by atoms with Crippen LogP contribution in [0.15, 0.2) is 24.3 Å². The quantitative estimate of drug-likeness (QED) is 0.622. The third-order valence-corrected chi connectivity index (χ3v) is 2.54. The smallest absolute Gasteiger partial charge is 1.00 e. The molecule has 82 valence electrons. The molecule has 0 aliphatic rings. The van der Waals surface area contributed by atoms with Crippen molar-refractivity contribution in [2.75, 3.05) is 0 Å². The summed E-state index contributed by atoms with van der Waals surface area (Å²) in [5.41, 5.74) is 1.09. The van der Waals surface area contributed by atoms with Gasteiger partial charge in [-0.05, 0) is 24.5 Å². The third-order valence-electron chi connectivity index (χ3n) is 2.54. The zero-order valence-corrected chi connectivity index (χ0v) is 14.1. The number of phenolic OH excluding ortho intramolecular Hbond substituents is 1. The summed E-state index contributed by atoms with van der Waals surface area (Å²) in [7, 11) is 0. The molecule has 0 spiro atoms. The van der Waals surface area contributed by atoms with E-state index < -0.39 is 0 Å². The summed E-state index contributed by atoms with van der Waals surface area (Å²) in [5, 5.41) is 9.51. The molecule has 0 saturated carbocycles. The first-order valence-corrected chi connectivity index (χ1v) is 5.61. The molecule has 0 unspecified atom stereocenters. The van der Waals surface area contributed by atoms with E-state index >= 15 is 0 Å². The van der Waals surface area contributed by atoms with Gasteiger partial charge in [-0.3, -0.25) is 0 Å². The largest absolute Gasteiger partial charge is 2.00 e. The summed E-state index contributed by atoms with van der Waals surface area (Å²) in [6, 6.07) is 7.63. The molecule has 1 aromatic carbocycles. The van der Waals surface area contributed by atoms with Crippen LogP contribution in [0.5, 0.6) is 5.75 Å².